The van der Waals surface area contributed by atoms with Crippen molar-refractivity contribution in [3.05, 3.63) is 83.8 Å². The van der Waals surface area contributed by atoms with E-state index in [1.165, 1.54) is 62.5 Å². The second kappa shape index (κ2) is 23.3. The van der Waals surface area contributed by atoms with Crippen molar-refractivity contribution >= 4 is 47.1 Å². The first-order chi connectivity index (χ1) is 28.6. The van der Waals surface area contributed by atoms with E-state index >= 15 is 0 Å². The Morgan fingerprint density at radius 1 is 0.758 bits per heavy atom. The third-order valence-corrected chi connectivity index (χ3v) is 9.26. The number of hydrogen-bond acceptors (Lipinski definition) is 19. The van der Waals surface area contributed by atoms with Crippen molar-refractivity contribution in [1.82, 2.24) is 19.4 Å². The molecule has 3 fully saturated rings. The van der Waals surface area contributed by atoms with Crippen molar-refractivity contribution in [3.63, 3.8) is 0 Å². The maximum Gasteiger partial charge on any atom is 0.351 e. The van der Waals surface area contributed by atoms with Gasteiger partial charge >= 0.3 is 23.6 Å². The molecule has 0 unspecified atom stereocenters. The second-order valence-electron chi connectivity index (χ2n) is 13.8. The number of ketones is 2. The molecule has 0 radical (unpaired) electrons. The van der Waals surface area contributed by atoms with E-state index in [9.17, 15) is 48.6 Å². The lowest BCUT2D eigenvalue weighted by atomic mass is 9.99. The van der Waals surface area contributed by atoms with Crippen molar-refractivity contribution in [3.8, 4) is 0 Å². The van der Waals surface area contributed by atoms with Gasteiger partial charge in [-0.1, -0.05) is 34.1 Å². The number of allylic oxidation sites excluding steroid dienone is 2. The number of carbonyl (C=O) groups excluding carboxylic acids is 7. The minimum absolute atomic E-state index is 0. The molecular formula is C40H53N5O17. The molecule has 22 heteroatoms. The number of carbonyl (C=O) groups is 7. The van der Waals surface area contributed by atoms with E-state index in [0.717, 1.165) is 15.0 Å². The van der Waals surface area contributed by atoms with E-state index in [1.54, 1.807) is 0 Å². The molecule has 0 aliphatic carbocycles. The van der Waals surface area contributed by atoms with Gasteiger partial charge in [0.15, 0.2) is 24.0 Å². The summed E-state index contributed by atoms with van der Waals surface area (Å²) < 4.78 is 26.4. The second-order valence-corrected chi connectivity index (χ2v) is 13.8. The average molecular weight is 876 g/mol. The molecule has 6 N–H and O–H groups in total. The number of nitrogen functional groups attached to an aromatic ring is 1. The summed E-state index contributed by atoms with van der Waals surface area (Å²) in [7, 11) is 0. The Labute approximate surface area is 356 Å². The largest absolute Gasteiger partial charge is 0.463 e. The molecule has 0 bridgehead atoms. The molecule has 5 aliphatic rings. The molecule has 62 heavy (non-hydrogen) atoms. The highest BCUT2D eigenvalue weighted by molar-refractivity contribution is 6.07. The third kappa shape index (κ3) is 13.5. The third-order valence-electron chi connectivity index (χ3n) is 9.26. The van der Waals surface area contributed by atoms with Gasteiger partial charge < -0.3 is 49.8 Å². The van der Waals surface area contributed by atoms with Crippen LogP contribution in [0.15, 0.2) is 78.1 Å². The number of nitrogens with two attached hydrogens (primary N) is 1. The molecule has 340 valence electrons. The summed E-state index contributed by atoms with van der Waals surface area (Å²) in [4.78, 5) is 93.8. The van der Waals surface area contributed by atoms with Crippen molar-refractivity contribution in [2.24, 2.45) is 5.92 Å². The van der Waals surface area contributed by atoms with E-state index in [1.807, 2.05) is 6.92 Å². The fourth-order valence-electron chi connectivity index (χ4n) is 6.03. The maximum absolute atomic E-state index is 11.9. The number of aromatic nitrogens is 2. The molecule has 0 aromatic carbocycles. The molecule has 0 spiro atoms. The lowest BCUT2D eigenvalue weighted by Crippen LogP contribution is -2.44. The number of nitrogens with zero attached hydrogens (tertiary/aromatic N) is 4. The summed E-state index contributed by atoms with van der Waals surface area (Å²) in [5.41, 5.74) is 6.17. The van der Waals surface area contributed by atoms with E-state index in [2.05, 4.69) is 29.5 Å². The number of rotatable bonds is 7. The summed E-state index contributed by atoms with van der Waals surface area (Å²) in [6.45, 7) is 16.2. The summed E-state index contributed by atoms with van der Waals surface area (Å²) in [6, 6.07) is 1.42. The predicted octanol–water partition coefficient (Wildman–Crippen LogP) is -0.918. The molecular weight excluding hydrogens is 822 g/mol. The SMILES string of the molecule is C.C=C1[C@H](CO)O[C@H](N2C=CC(=O)CC2=O)[C@@H]1O.C=C1[C@H](CO)O[C@H](n2ccc(N)nc2=O)[C@@H]1O.C=C1[C@H](COC(C)=O)O[C@H](N2C=CC(=O)CC2=O)[C@@H]1C.CC(=O)OC(C)=O. The number of hydrogen-bond donors (Lipinski definition) is 5. The summed E-state index contributed by atoms with van der Waals surface area (Å²) in [5, 5.41) is 37.7. The van der Waals surface area contributed by atoms with Gasteiger partial charge in [0.2, 0.25) is 11.8 Å². The first-order valence-electron chi connectivity index (χ1n) is 18.4. The zero-order valence-electron chi connectivity index (χ0n) is 33.8. The van der Waals surface area contributed by atoms with Gasteiger partial charge in [-0.05, 0) is 34.9 Å². The Balaban J connectivity index is 0.000000296. The minimum Gasteiger partial charge on any atom is -0.463 e. The highest BCUT2D eigenvalue weighted by Crippen LogP contribution is 2.34. The van der Waals surface area contributed by atoms with Crippen LogP contribution in [0.5, 0.6) is 0 Å². The number of amides is 2. The quantitative estimate of drug-likeness (QED) is 0.126. The van der Waals surface area contributed by atoms with Crippen molar-refractivity contribution in [2.45, 2.75) is 97.2 Å². The fraction of sp³-hybridized carbons (Fsp3) is 0.475. The first-order valence-corrected chi connectivity index (χ1v) is 18.4. The molecule has 9 atom stereocenters. The number of aliphatic hydroxyl groups is 4. The van der Waals surface area contributed by atoms with Gasteiger partial charge in [-0.25, -0.2) is 4.79 Å². The van der Waals surface area contributed by atoms with Crippen molar-refractivity contribution in [1.29, 1.82) is 0 Å². The normalized spacial score (nSPS) is 27.6. The van der Waals surface area contributed by atoms with Gasteiger partial charge in [0.1, 0.15) is 49.2 Å². The van der Waals surface area contributed by atoms with Gasteiger partial charge in [-0.2, -0.15) is 4.98 Å². The first kappa shape index (κ1) is 52.1. The fourth-order valence-corrected chi connectivity index (χ4v) is 6.03. The summed E-state index contributed by atoms with van der Waals surface area (Å²) in [6.07, 6.45) is 0.0552. The van der Waals surface area contributed by atoms with E-state index < -0.39 is 78.7 Å². The average Bonchev–Trinajstić information content (AvgIpc) is 3.75. The summed E-state index contributed by atoms with van der Waals surface area (Å²) >= 11 is 0. The van der Waals surface area contributed by atoms with Gasteiger partial charge in [0.05, 0.1) is 26.1 Å². The standard InChI is InChI=1S/C14H17NO5.C11H13NO5.C10H13N3O4.C4H6O3.CH4/c1-8-9(2)14(20-12(8)7-19-10(3)16)15-5-4-11(17)6-13(15)18;1-6-8(5-13)17-11(10(6)16)12-3-2-7(14)4-9(12)15;1-5-6(4-14)17-9(8(5)15)13-3-2-7(11)12-10(13)16;1-3(5)7-4(2)6;/h4-5,9,12,14H,1,6-7H2,2-3H3;2-3,8,10-11,13,16H,1,4-5H2;2-3,6,8-9,14-15H,1,4H2,(H2,11,12,16);1-2H3;1H4/t9-,12+,14+;8-,10+,11-;6-,8+,9-;;/m100../s1. The number of anilines is 1. The van der Waals surface area contributed by atoms with E-state index in [-0.39, 0.29) is 69.3 Å². The van der Waals surface area contributed by atoms with E-state index in [4.69, 9.17) is 34.9 Å². The van der Waals surface area contributed by atoms with E-state index in [0.29, 0.717) is 11.1 Å². The van der Waals surface area contributed by atoms with Crippen LogP contribution in [0, 0.1) is 5.92 Å². The molecule has 0 saturated carbocycles. The maximum atomic E-state index is 11.9. The Hall–Kier alpha value is -6.01. The van der Waals surface area contributed by atoms with Crippen LogP contribution in [-0.2, 0) is 57.2 Å². The van der Waals surface area contributed by atoms with Crippen LogP contribution >= 0.6 is 0 Å². The Morgan fingerprint density at radius 2 is 1.21 bits per heavy atom. The van der Waals surface area contributed by atoms with Gasteiger partial charge in [-0.3, -0.25) is 47.9 Å². The predicted molar refractivity (Wildman–Crippen MR) is 214 cm³/mol. The zero-order valence-corrected chi connectivity index (χ0v) is 33.8. The highest BCUT2D eigenvalue weighted by Gasteiger charge is 2.44. The minimum atomic E-state index is -1.06. The van der Waals surface area contributed by atoms with Crippen LogP contribution in [0.3, 0.4) is 0 Å². The molecule has 5 aliphatic heterocycles. The van der Waals surface area contributed by atoms with Crippen LogP contribution in [-0.4, -0.2) is 144 Å². The van der Waals surface area contributed by atoms with Crippen LogP contribution in [0.2, 0.25) is 0 Å². The summed E-state index contributed by atoms with van der Waals surface area (Å²) in [5.74, 6) is -2.75. The molecule has 6 heterocycles. The molecule has 22 nitrogen and oxygen atoms in total. The Kier molecular flexibility index (Phi) is 19.6. The van der Waals surface area contributed by atoms with Crippen LogP contribution < -0.4 is 11.4 Å². The number of aliphatic hydroxyl groups excluding tert-OH is 4. The zero-order chi connectivity index (χ0) is 45.9. The lowest BCUT2D eigenvalue weighted by Gasteiger charge is -2.29. The van der Waals surface area contributed by atoms with Gasteiger partial charge in [-0.15, -0.1) is 0 Å². The number of ether oxygens (including phenoxy) is 5. The van der Waals surface area contributed by atoms with Crippen LogP contribution in [0.4, 0.5) is 5.82 Å². The monoisotopic (exact) mass is 875 g/mol. The van der Waals surface area contributed by atoms with Gasteiger partial charge in [0, 0.05) is 45.3 Å². The molecule has 6 rings (SSSR count). The molecule has 2 amide bonds. The molecule has 3 saturated heterocycles. The smallest absolute Gasteiger partial charge is 0.351 e. The van der Waals surface area contributed by atoms with Gasteiger partial charge in [0.25, 0.3) is 0 Å². The molecule has 1 aromatic heterocycles. The lowest BCUT2D eigenvalue weighted by molar-refractivity contribution is -0.156. The highest BCUT2D eigenvalue weighted by atomic mass is 16.6. The molecule has 1 aromatic rings. The topological polar surface area (TPSA) is 314 Å². The number of esters is 3. The van der Waals surface area contributed by atoms with Crippen LogP contribution in [0.25, 0.3) is 0 Å². The van der Waals surface area contributed by atoms with Crippen molar-refractivity contribution in [2.75, 3.05) is 25.6 Å². The van der Waals surface area contributed by atoms with Crippen molar-refractivity contribution < 1.29 is 77.7 Å². The van der Waals surface area contributed by atoms with Crippen LogP contribution in [0.1, 0.15) is 54.2 Å². The Morgan fingerprint density at radius 3 is 1.61 bits per heavy atom. The Bertz CT molecular complexity index is 2020.